The summed E-state index contributed by atoms with van der Waals surface area (Å²) in [7, 11) is 0. The number of likely N-dealkylation sites (N-methyl/N-ethyl adjacent to an activating group) is 1. The number of anilines is 1. The summed E-state index contributed by atoms with van der Waals surface area (Å²) in [5.74, 6) is 0. The van der Waals surface area contributed by atoms with Gasteiger partial charge in [-0.15, -0.1) is 10.2 Å². The van der Waals surface area contributed by atoms with Crippen LogP contribution < -0.4 is 4.90 Å². The van der Waals surface area contributed by atoms with Gasteiger partial charge in [0.1, 0.15) is 5.69 Å². The van der Waals surface area contributed by atoms with E-state index >= 15 is 0 Å². The Kier molecular flexibility index (Phi) is 4.04. The molecule has 0 saturated heterocycles. The molecule has 2 rings (SSSR count). The first-order valence-electron chi connectivity index (χ1n) is 5.85. The van der Waals surface area contributed by atoms with Gasteiger partial charge in [0.15, 0.2) is 5.01 Å². The van der Waals surface area contributed by atoms with Crippen LogP contribution in [0.5, 0.6) is 0 Å². The molecule has 0 fully saturated rings. The van der Waals surface area contributed by atoms with Crippen molar-refractivity contribution in [2.45, 2.75) is 13.8 Å². The molecule has 0 unspecified atom stereocenters. The second-order valence-corrected chi connectivity index (χ2v) is 5.03. The average molecular weight is 260 g/mol. The molecule has 2 heterocycles. The predicted octanol–water partition coefficient (Wildman–Crippen LogP) is 3.00. The van der Waals surface area contributed by atoms with Crippen LogP contribution in [0.3, 0.4) is 0 Å². The van der Waals surface area contributed by atoms with Crippen LogP contribution in [0.25, 0.3) is 10.7 Å². The van der Waals surface area contributed by atoms with Gasteiger partial charge in [0.05, 0.1) is 0 Å². The van der Waals surface area contributed by atoms with E-state index in [1.165, 1.54) is 0 Å². The molecule has 0 aromatic carbocycles. The summed E-state index contributed by atoms with van der Waals surface area (Å²) < 4.78 is 0. The van der Waals surface area contributed by atoms with Crippen LogP contribution in [0.4, 0.5) is 5.13 Å². The van der Waals surface area contributed by atoms with Gasteiger partial charge in [0, 0.05) is 19.3 Å². The highest BCUT2D eigenvalue weighted by molar-refractivity contribution is 7.18. The number of hydrogen-bond acceptors (Lipinski definition) is 5. The predicted molar refractivity (Wildman–Crippen MR) is 75.8 cm³/mol. The van der Waals surface area contributed by atoms with Crippen molar-refractivity contribution < 1.29 is 0 Å². The normalized spacial score (nSPS) is 10.3. The molecule has 0 amide bonds. The second-order valence-electron chi connectivity index (χ2n) is 4.08. The van der Waals surface area contributed by atoms with Gasteiger partial charge in [-0.2, -0.15) is 0 Å². The molecular weight excluding hydrogens is 244 g/mol. The minimum Gasteiger partial charge on any atom is -0.343 e. The Morgan fingerprint density at radius 2 is 2.22 bits per heavy atom. The van der Waals surface area contributed by atoms with E-state index in [2.05, 4.69) is 33.6 Å². The molecule has 0 aliphatic rings. The maximum atomic E-state index is 4.28. The van der Waals surface area contributed by atoms with E-state index < -0.39 is 0 Å². The van der Waals surface area contributed by atoms with Crippen LogP contribution in [0.15, 0.2) is 36.5 Å². The zero-order chi connectivity index (χ0) is 13.0. The lowest BCUT2D eigenvalue weighted by Gasteiger charge is -2.18. The lowest BCUT2D eigenvalue weighted by atomic mass is 10.3. The third kappa shape index (κ3) is 2.92. The number of nitrogens with zero attached hydrogens (tertiary/aromatic N) is 4. The Balaban J connectivity index is 2.22. The van der Waals surface area contributed by atoms with Crippen LogP contribution in [0, 0.1) is 0 Å². The van der Waals surface area contributed by atoms with Crippen LogP contribution in [0.1, 0.15) is 13.8 Å². The number of rotatable bonds is 5. The smallest absolute Gasteiger partial charge is 0.208 e. The maximum absolute atomic E-state index is 4.28. The summed E-state index contributed by atoms with van der Waals surface area (Å²) in [6.07, 6.45) is 1.77. The van der Waals surface area contributed by atoms with Crippen molar-refractivity contribution >= 4 is 16.5 Å². The Hall–Kier alpha value is -1.75. The van der Waals surface area contributed by atoms with Crippen molar-refractivity contribution in [2.75, 3.05) is 18.0 Å². The molecule has 4 nitrogen and oxygen atoms in total. The van der Waals surface area contributed by atoms with E-state index in [4.69, 9.17) is 0 Å². The van der Waals surface area contributed by atoms with Gasteiger partial charge in [-0.1, -0.05) is 29.6 Å². The molecular formula is C13H16N4S. The van der Waals surface area contributed by atoms with Crippen molar-refractivity contribution in [1.29, 1.82) is 0 Å². The fourth-order valence-electron chi connectivity index (χ4n) is 1.58. The van der Waals surface area contributed by atoms with Crippen LogP contribution >= 0.6 is 11.3 Å². The van der Waals surface area contributed by atoms with Gasteiger partial charge >= 0.3 is 0 Å². The molecule has 2 aromatic heterocycles. The molecule has 0 N–H and O–H groups in total. The molecule has 0 radical (unpaired) electrons. The summed E-state index contributed by atoms with van der Waals surface area (Å²) >= 11 is 1.56. The minimum absolute atomic E-state index is 0.813. The Labute approximate surface area is 111 Å². The Morgan fingerprint density at radius 1 is 1.39 bits per heavy atom. The highest BCUT2D eigenvalue weighted by Gasteiger charge is 2.12. The molecule has 2 aromatic rings. The largest absolute Gasteiger partial charge is 0.343 e. The van der Waals surface area contributed by atoms with Crippen molar-refractivity contribution in [2.24, 2.45) is 0 Å². The quantitative estimate of drug-likeness (QED) is 0.775. The lowest BCUT2D eigenvalue weighted by molar-refractivity contribution is 0.859. The molecule has 0 atom stereocenters. The highest BCUT2D eigenvalue weighted by atomic mass is 32.1. The third-order valence-electron chi connectivity index (χ3n) is 2.41. The fourth-order valence-corrected chi connectivity index (χ4v) is 2.46. The van der Waals surface area contributed by atoms with Crippen LogP contribution in [-0.2, 0) is 0 Å². The second kappa shape index (κ2) is 5.73. The van der Waals surface area contributed by atoms with Crippen molar-refractivity contribution in [3.8, 4) is 10.7 Å². The van der Waals surface area contributed by atoms with Crippen molar-refractivity contribution in [1.82, 2.24) is 15.2 Å². The molecule has 18 heavy (non-hydrogen) atoms. The SMILES string of the molecule is C=C(C)CN(CC)c1nnc(-c2ccccn2)s1. The van der Waals surface area contributed by atoms with Gasteiger partial charge in [0.2, 0.25) is 5.13 Å². The first-order chi connectivity index (χ1) is 8.70. The molecule has 94 valence electrons. The zero-order valence-corrected chi connectivity index (χ0v) is 11.4. The Morgan fingerprint density at radius 3 is 2.83 bits per heavy atom. The van der Waals surface area contributed by atoms with Gasteiger partial charge in [-0.3, -0.25) is 4.98 Å². The van der Waals surface area contributed by atoms with E-state index in [1.54, 1.807) is 17.5 Å². The number of hydrogen-bond donors (Lipinski definition) is 0. The zero-order valence-electron chi connectivity index (χ0n) is 10.6. The van der Waals surface area contributed by atoms with Gasteiger partial charge in [-0.25, -0.2) is 0 Å². The van der Waals surface area contributed by atoms with Crippen molar-refractivity contribution in [3.63, 3.8) is 0 Å². The van der Waals surface area contributed by atoms with E-state index in [9.17, 15) is 0 Å². The van der Waals surface area contributed by atoms with E-state index in [0.717, 1.165) is 34.5 Å². The first kappa shape index (κ1) is 12.7. The molecule has 0 aliphatic heterocycles. The molecule has 0 aliphatic carbocycles. The topological polar surface area (TPSA) is 41.9 Å². The fraction of sp³-hybridized carbons (Fsp3) is 0.308. The summed E-state index contributed by atoms with van der Waals surface area (Å²) in [5.41, 5.74) is 1.99. The lowest BCUT2D eigenvalue weighted by Crippen LogP contribution is -2.24. The van der Waals surface area contributed by atoms with E-state index in [1.807, 2.05) is 25.1 Å². The van der Waals surface area contributed by atoms with Gasteiger partial charge < -0.3 is 4.90 Å². The van der Waals surface area contributed by atoms with Gasteiger partial charge in [-0.05, 0) is 26.0 Å². The summed E-state index contributed by atoms with van der Waals surface area (Å²) in [6.45, 7) is 9.76. The molecule has 5 heteroatoms. The third-order valence-corrected chi connectivity index (χ3v) is 3.42. The van der Waals surface area contributed by atoms with E-state index in [0.29, 0.717) is 0 Å². The highest BCUT2D eigenvalue weighted by Crippen LogP contribution is 2.27. The maximum Gasteiger partial charge on any atom is 0.208 e. The van der Waals surface area contributed by atoms with Crippen molar-refractivity contribution in [3.05, 3.63) is 36.5 Å². The first-order valence-corrected chi connectivity index (χ1v) is 6.66. The summed E-state index contributed by atoms with van der Waals surface area (Å²) in [5, 5.41) is 10.2. The van der Waals surface area contributed by atoms with Gasteiger partial charge in [0.25, 0.3) is 0 Å². The molecule has 0 bridgehead atoms. The Bertz CT molecular complexity index is 521. The molecule has 0 spiro atoms. The van der Waals surface area contributed by atoms with Crippen LogP contribution in [-0.4, -0.2) is 28.3 Å². The summed E-state index contributed by atoms with van der Waals surface area (Å²) in [4.78, 5) is 6.44. The van der Waals surface area contributed by atoms with E-state index in [-0.39, 0.29) is 0 Å². The standard InChI is InChI=1S/C13H16N4S/c1-4-17(9-10(2)3)13-16-15-12(18-13)11-7-5-6-8-14-11/h5-8H,2,4,9H2,1,3H3. The minimum atomic E-state index is 0.813. The average Bonchev–Trinajstić information content (AvgIpc) is 2.86. The monoisotopic (exact) mass is 260 g/mol. The molecule has 0 saturated carbocycles. The van der Waals surface area contributed by atoms with Crippen LogP contribution in [0.2, 0.25) is 0 Å². The number of aromatic nitrogens is 3. The summed E-state index contributed by atoms with van der Waals surface area (Å²) in [6, 6.07) is 5.79. The number of pyridine rings is 1.